The van der Waals surface area contributed by atoms with Crippen LogP contribution in [0.1, 0.15) is 16.7 Å². The van der Waals surface area contributed by atoms with E-state index in [0.717, 1.165) is 22.0 Å². The van der Waals surface area contributed by atoms with E-state index in [1.165, 1.54) is 6.07 Å². The van der Waals surface area contributed by atoms with Crippen molar-refractivity contribution in [2.45, 2.75) is 13.1 Å². The Hall–Kier alpha value is -2.64. The first kappa shape index (κ1) is 13.3. The highest BCUT2D eigenvalue weighted by Gasteiger charge is 2.08. The van der Waals surface area contributed by atoms with Gasteiger partial charge in [0.15, 0.2) is 0 Å². The van der Waals surface area contributed by atoms with E-state index in [1.807, 2.05) is 36.5 Å². The summed E-state index contributed by atoms with van der Waals surface area (Å²) in [5.41, 5.74) is 8.90. The molecule has 3 rings (SSSR count). The zero-order chi connectivity index (χ0) is 14.8. The van der Waals surface area contributed by atoms with Crippen molar-refractivity contribution < 1.29 is 4.39 Å². The number of halogens is 1. The summed E-state index contributed by atoms with van der Waals surface area (Å²) in [6, 6.07) is 14.5. The lowest BCUT2D eigenvalue weighted by molar-refractivity contribution is 0.622. The molecule has 0 saturated carbocycles. The van der Waals surface area contributed by atoms with Gasteiger partial charge in [0.25, 0.3) is 0 Å². The lowest BCUT2D eigenvalue weighted by Gasteiger charge is -2.06. The van der Waals surface area contributed by atoms with Gasteiger partial charge < -0.3 is 10.3 Å². The molecule has 1 aromatic heterocycles. The van der Waals surface area contributed by atoms with Crippen LogP contribution in [-0.2, 0) is 13.1 Å². The molecular formula is C17H14FN3. The summed E-state index contributed by atoms with van der Waals surface area (Å²) in [6.07, 6.45) is 2.01. The number of nitrogens with two attached hydrogens (primary N) is 1. The lowest BCUT2D eigenvalue weighted by Crippen LogP contribution is -2.00. The van der Waals surface area contributed by atoms with Crippen molar-refractivity contribution in [3.8, 4) is 6.07 Å². The summed E-state index contributed by atoms with van der Waals surface area (Å²) in [4.78, 5) is 0. The summed E-state index contributed by atoms with van der Waals surface area (Å²) in [5, 5.41) is 10.0. The van der Waals surface area contributed by atoms with E-state index in [-0.39, 0.29) is 5.56 Å². The molecule has 0 unspecified atom stereocenters. The van der Waals surface area contributed by atoms with Crippen LogP contribution in [0.2, 0.25) is 0 Å². The van der Waals surface area contributed by atoms with E-state index in [1.54, 1.807) is 12.1 Å². The van der Waals surface area contributed by atoms with Crippen LogP contribution in [0.4, 0.5) is 4.39 Å². The number of nitrogens with zero attached hydrogens (tertiary/aromatic N) is 2. The van der Waals surface area contributed by atoms with Gasteiger partial charge in [-0.2, -0.15) is 5.26 Å². The quantitative estimate of drug-likeness (QED) is 0.800. The molecule has 3 aromatic rings. The molecule has 2 aromatic carbocycles. The van der Waals surface area contributed by atoms with Gasteiger partial charge in [-0.05, 0) is 29.3 Å². The number of para-hydroxylation sites is 1. The van der Waals surface area contributed by atoms with Gasteiger partial charge in [-0.1, -0.05) is 24.3 Å². The van der Waals surface area contributed by atoms with Gasteiger partial charge in [-0.25, -0.2) is 4.39 Å². The average molecular weight is 279 g/mol. The van der Waals surface area contributed by atoms with Gasteiger partial charge in [0.2, 0.25) is 0 Å². The fraction of sp³-hybridized carbons (Fsp3) is 0.118. The van der Waals surface area contributed by atoms with E-state index in [0.29, 0.717) is 13.1 Å². The predicted octanol–water partition coefficient (Wildman–Crippen LogP) is 3.16. The second-order valence-corrected chi connectivity index (χ2v) is 4.93. The molecule has 0 aliphatic rings. The van der Waals surface area contributed by atoms with E-state index in [4.69, 9.17) is 11.0 Å². The third kappa shape index (κ3) is 2.39. The van der Waals surface area contributed by atoms with Gasteiger partial charge in [-0.15, -0.1) is 0 Å². The van der Waals surface area contributed by atoms with E-state index < -0.39 is 5.82 Å². The molecule has 104 valence electrons. The Morgan fingerprint density at radius 1 is 1.19 bits per heavy atom. The second-order valence-electron chi connectivity index (χ2n) is 4.93. The van der Waals surface area contributed by atoms with Crippen molar-refractivity contribution in [2.75, 3.05) is 0 Å². The van der Waals surface area contributed by atoms with Crippen LogP contribution in [0.25, 0.3) is 10.9 Å². The van der Waals surface area contributed by atoms with Crippen LogP contribution in [0.15, 0.2) is 48.7 Å². The van der Waals surface area contributed by atoms with E-state index in [9.17, 15) is 4.39 Å². The van der Waals surface area contributed by atoms with Crippen molar-refractivity contribution in [1.82, 2.24) is 4.57 Å². The molecule has 0 spiro atoms. The van der Waals surface area contributed by atoms with Gasteiger partial charge in [0.1, 0.15) is 11.9 Å². The van der Waals surface area contributed by atoms with Crippen molar-refractivity contribution >= 4 is 10.9 Å². The molecule has 0 atom stereocenters. The Morgan fingerprint density at radius 2 is 2.00 bits per heavy atom. The number of benzene rings is 2. The Bertz CT molecular complexity index is 843. The number of nitriles is 1. The van der Waals surface area contributed by atoms with Crippen LogP contribution in [0.3, 0.4) is 0 Å². The number of rotatable bonds is 3. The first-order valence-electron chi connectivity index (χ1n) is 6.68. The Labute approximate surface area is 122 Å². The molecule has 3 nitrogen and oxygen atoms in total. The molecule has 0 fully saturated rings. The molecule has 0 saturated heterocycles. The molecule has 0 aliphatic carbocycles. The lowest BCUT2D eigenvalue weighted by atomic mass is 10.1. The van der Waals surface area contributed by atoms with Crippen molar-refractivity contribution in [3.05, 3.63) is 71.2 Å². The van der Waals surface area contributed by atoms with E-state index >= 15 is 0 Å². The number of hydrogen-bond acceptors (Lipinski definition) is 2. The largest absolute Gasteiger partial charge is 0.343 e. The van der Waals surface area contributed by atoms with Gasteiger partial charge in [0, 0.05) is 30.2 Å². The molecule has 2 N–H and O–H groups in total. The summed E-state index contributed by atoms with van der Waals surface area (Å²) >= 11 is 0. The summed E-state index contributed by atoms with van der Waals surface area (Å²) in [7, 11) is 0. The Balaban J connectivity index is 2.04. The topological polar surface area (TPSA) is 54.7 Å². The minimum absolute atomic E-state index is 0.0722. The maximum absolute atomic E-state index is 13.4. The monoisotopic (exact) mass is 279 g/mol. The fourth-order valence-electron chi connectivity index (χ4n) is 2.57. The average Bonchev–Trinajstić information content (AvgIpc) is 2.87. The van der Waals surface area contributed by atoms with Crippen LogP contribution >= 0.6 is 0 Å². The zero-order valence-electron chi connectivity index (χ0n) is 11.4. The van der Waals surface area contributed by atoms with Crippen LogP contribution < -0.4 is 5.73 Å². The van der Waals surface area contributed by atoms with Crippen molar-refractivity contribution in [3.63, 3.8) is 0 Å². The highest BCUT2D eigenvalue weighted by molar-refractivity contribution is 5.84. The second kappa shape index (κ2) is 5.39. The molecule has 1 heterocycles. The Morgan fingerprint density at radius 3 is 2.76 bits per heavy atom. The van der Waals surface area contributed by atoms with Crippen molar-refractivity contribution in [2.24, 2.45) is 5.73 Å². The van der Waals surface area contributed by atoms with Crippen LogP contribution in [0.5, 0.6) is 0 Å². The number of fused-ring (bicyclic) bond motifs is 1. The van der Waals surface area contributed by atoms with Gasteiger partial charge in [-0.3, -0.25) is 0 Å². The molecule has 4 heteroatoms. The highest BCUT2D eigenvalue weighted by Crippen LogP contribution is 2.22. The molecule has 0 radical (unpaired) electrons. The predicted molar refractivity (Wildman–Crippen MR) is 80.0 cm³/mol. The van der Waals surface area contributed by atoms with Crippen molar-refractivity contribution in [1.29, 1.82) is 5.26 Å². The molecule has 21 heavy (non-hydrogen) atoms. The maximum Gasteiger partial charge on any atom is 0.140 e. The molecule has 0 amide bonds. The summed E-state index contributed by atoms with van der Waals surface area (Å²) < 4.78 is 15.4. The maximum atomic E-state index is 13.4. The van der Waals surface area contributed by atoms with Gasteiger partial charge in [0.05, 0.1) is 5.56 Å². The highest BCUT2D eigenvalue weighted by atomic mass is 19.1. The minimum Gasteiger partial charge on any atom is -0.343 e. The normalized spacial score (nSPS) is 10.7. The number of hydrogen-bond donors (Lipinski definition) is 1. The van der Waals surface area contributed by atoms with Crippen LogP contribution in [0, 0.1) is 17.1 Å². The molecular weight excluding hydrogens is 265 g/mol. The SMILES string of the molecule is N#Cc1cc(Cn2cc(CN)c3ccccc32)ccc1F. The zero-order valence-corrected chi connectivity index (χ0v) is 11.4. The summed E-state index contributed by atoms with van der Waals surface area (Å²) in [6.45, 7) is 1.05. The first-order valence-corrected chi connectivity index (χ1v) is 6.68. The van der Waals surface area contributed by atoms with E-state index in [2.05, 4.69) is 4.57 Å². The molecule has 0 aliphatic heterocycles. The third-order valence-corrected chi connectivity index (χ3v) is 3.60. The number of aromatic nitrogens is 1. The fourth-order valence-corrected chi connectivity index (χ4v) is 2.57. The smallest absolute Gasteiger partial charge is 0.140 e. The summed E-state index contributed by atoms with van der Waals surface area (Å²) in [5.74, 6) is -0.485. The third-order valence-electron chi connectivity index (χ3n) is 3.60. The van der Waals surface area contributed by atoms with Gasteiger partial charge >= 0.3 is 0 Å². The van der Waals surface area contributed by atoms with Crippen LogP contribution in [-0.4, -0.2) is 4.57 Å². The standard InChI is InChI=1S/C17H14FN3/c18-16-6-5-12(7-13(16)8-19)10-21-11-14(9-20)15-3-1-2-4-17(15)21/h1-7,11H,9-10,20H2. The Kier molecular flexibility index (Phi) is 3.43. The minimum atomic E-state index is -0.485. The molecule has 0 bridgehead atoms. The first-order chi connectivity index (χ1) is 10.2.